The highest BCUT2D eigenvalue weighted by Gasteiger charge is 2.21. The summed E-state index contributed by atoms with van der Waals surface area (Å²) in [5.41, 5.74) is 1.46. The molecule has 2 rings (SSSR count). The molecule has 1 fully saturated rings. The van der Waals surface area contributed by atoms with Gasteiger partial charge in [-0.05, 0) is 25.5 Å². The van der Waals surface area contributed by atoms with E-state index in [1.165, 1.54) is 0 Å². The summed E-state index contributed by atoms with van der Waals surface area (Å²) in [6.45, 7) is 3.29. The predicted octanol–water partition coefficient (Wildman–Crippen LogP) is 0.833. The fourth-order valence-electron chi connectivity index (χ4n) is 1.83. The number of aliphatic hydroxyl groups excluding tert-OH is 1. The van der Waals surface area contributed by atoms with Crippen LogP contribution in [0.2, 0.25) is 0 Å². The van der Waals surface area contributed by atoms with E-state index in [2.05, 4.69) is 11.1 Å². The van der Waals surface area contributed by atoms with Gasteiger partial charge in [0.25, 0.3) is 0 Å². The number of hydrogen-bond acceptors (Lipinski definition) is 4. The molecule has 78 valence electrons. The summed E-state index contributed by atoms with van der Waals surface area (Å²) in [5, 5.41) is 18.3. The molecule has 1 aromatic heterocycles. The van der Waals surface area contributed by atoms with E-state index in [4.69, 9.17) is 5.26 Å². The zero-order valence-electron chi connectivity index (χ0n) is 8.64. The number of β-amino-alcohol motifs (C(OH)–C–C–N with tert-alkyl or cyclic N) is 1. The molecule has 4 nitrogen and oxygen atoms in total. The molecule has 0 aliphatic carbocycles. The predicted molar refractivity (Wildman–Crippen MR) is 56.5 cm³/mol. The van der Waals surface area contributed by atoms with Crippen molar-refractivity contribution in [3.8, 4) is 6.07 Å². The van der Waals surface area contributed by atoms with Crippen LogP contribution in [0.4, 0.5) is 5.82 Å². The Balaban J connectivity index is 2.29. The summed E-state index contributed by atoms with van der Waals surface area (Å²) in [6, 6.07) is 5.64. The van der Waals surface area contributed by atoms with Crippen LogP contribution in [0, 0.1) is 18.3 Å². The lowest BCUT2D eigenvalue weighted by molar-refractivity contribution is 0.198. The molecule has 1 aliphatic rings. The first kappa shape index (κ1) is 9.94. The van der Waals surface area contributed by atoms with E-state index in [1.807, 2.05) is 11.8 Å². The highest BCUT2D eigenvalue weighted by atomic mass is 16.3. The lowest BCUT2D eigenvalue weighted by Crippen LogP contribution is -2.22. The number of rotatable bonds is 1. The third kappa shape index (κ3) is 2.08. The van der Waals surface area contributed by atoms with Gasteiger partial charge in [-0.25, -0.2) is 4.98 Å². The van der Waals surface area contributed by atoms with E-state index >= 15 is 0 Å². The Kier molecular flexibility index (Phi) is 2.57. The van der Waals surface area contributed by atoms with Gasteiger partial charge in [0.2, 0.25) is 0 Å². The average Bonchev–Trinajstić information content (AvgIpc) is 2.64. The van der Waals surface area contributed by atoms with Gasteiger partial charge < -0.3 is 10.0 Å². The van der Waals surface area contributed by atoms with Gasteiger partial charge in [-0.2, -0.15) is 5.26 Å². The second-order valence-electron chi connectivity index (χ2n) is 3.86. The largest absolute Gasteiger partial charge is 0.391 e. The van der Waals surface area contributed by atoms with Gasteiger partial charge in [-0.15, -0.1) is 0 Å². The summed E-state index contributed by atoms with van der Waals surface area (Å²) in [4.78, 5) is 6.37. The summed E-state index contributed by atoms with van der Waals surface area (Å²) in [6.07, 6.45) is 0.509. The van der Waals surface area contributed by atoms with Crippen molar-refractivity contribution < 1.29 is 5.11 Å². The first-order chi connectivity index (χ1) is 7.19. The normalized spacial score (nSPS) is 20.3. The molecule has 0 spiro atoms. The molecule has 1 saturated heterocycles. The summed E-state index contributed by atoms with van der Waals surface area (Å²) in [5.74, 6) is 0.795. The van der Waals surface area contributed by atoms with Crippen LogP contribution in [0.15, 0.2) is 12.1 Å². The minimum atomic E-state index is -0.266. The second kappa shape index (κ2) is 3.87. The van der Waals surface area contributed by atoms with Gasteiger partial charge in [-0.1, -0.05) is 0 Å². The van der Waals surface area contributed by atoms with Gasteiger partial charge in [0.15, 0.2) is 0 Å². The maximum absolute atomic E-state index is 9.42. The number of aliphatic hydroxyl groups is 1. The molecule has 1 N–H and O–H groups in total. The number of anilines is 1. The van der Waals surface area contributed by atoms with Gasteiger partial charge in [0.1, 0.15) is 5.82 Å². The number of nitriles is 1. The number of hydrogen-bond donors (Lipinski definition) is 1. The van der Waals surface area contributed by atoms with Crippen LogP contribution in [-0.4, -0.2) is 29.3 Å². The molecule has 0 bridgehead atoms. The van der Waals surface area contributed by atoms with Crippen LogP contribution in [0.25, 0.3) is 0 Å². The molecule has 2 heterocycles. The minimum Gasteiger partial charge on any atom is -0.391 e. The molecule has 1 atom stereocenters. The molecule has 0 amide bonds. The van der Waals surface area contributed by atoms with E-state index in [0.29, 0.717) is 12.1 Å². The number of pyridine rings is 1. The standard InChI is InChI=1S/C11H13N3O/c1-8-4-9(6-12)5-11(13-8)14-3-2-10(15)7-14/h4-5,10,15H,2-3,7H2,1H3. The van der Waals surface area contributed by atoms with Crippen LogP contribution >= 0.6 is 0 Å². The smallest absolute Gasteiger partial charge is 0.130 e. The molecule has 1 unspecified atom stereocenters. The van der Waals surface area contributed by atoms with Crippen molar-refractivity contribution in [1.29, 1.82) is 5.26 Å². The third-order valence-electron chi connectivity index (χ3n) is 2.56. The summed E-state index contributed by atoms with van der Waals surface area (Å²) in [7, 11) is 0. The van der Waals surface area contributed by atoms with Gasteiger partial charge >= 0.3 is 0 Å². The molecule has 1 aromatic rings. The number of nitrogens with zero attached hydrogens (tertiary/aromatic N) is 3. The lowest BCUT2D eigenvalue weighted by Gasteiger charge is -2.17. The molecular formula is C11H13N3O. The molecule has 4 heteroatoms. The van der Waals surface area contributed by atoms with Crippen LogP contribution in [-0.2, 0) is 0 Å². The Morgan fingerprint density at radius 3 is 3.00 bits per heavy atom. The fourth-order valence-corrected chi connectivity index (χ4v) is 1.83. The van der Waals surface area contributed by atoms with Crippen molar-refractivity contribution >= 4 is 5.82 Å². The van der Waals surface area contributed by atoms with Crippen molar-refractivity contribution in [3.63, 3.8) is 0 Å². The Morgan fingerprint density at radius 2 is 2.40 bits per heavy atom. The van der Waals surface area contributed by atoms with E-state index in [1.54, 1.807) is 12.1 Å². The topological polar surface area (TPSA) is 60.2 Å². The Hall–Kier alpha value is -1.60. The molecule has 0 saturated carbocycles. The Bertz CT molecular complexity index is 411. The minimum absolute atomic E-state index is 0.266. The second-order valence-corrected chi connectivity index (χ2v) is 3.86. The van der Waals surface area contributed by atoms with Gasteiger partial charge in [0.05, 0.1) is 17.7 Å². The Labute approximate surface area is 88.8 Å². The van der Waals surface area contributed by atoms with Crippen molar-refractivity contribution in [2.24, 2.45) is 0 Å². The third-order valence-corrected chi connectivity index (χ3v) is 2.56. The number of aromatic nitrogens is 1. The van der Waals surface area contributed by atoms with Crippen molar-refractivity contribution in [2.45, 2.75) is 19.4 Å². The lowest BCUT2D eigenvalue weighted by atomic mass is 10.2. The van der Waals surface area contributed by atoms with Crippen LogP contribution in [0.5, 0.6) is 0 Å². The van der Waals surface area contributed by atoms with Crippen molar-refractivity contribution in [1.82, 2.24) is 4.98 Å². The molecule has 0 aromatic carbocycles. The molecule has 15 heavy (non-hydrogen) atoms. The monoisotopic (exact) mass is 203 g/mol. The summed E-state index contributed by atoms with van der Waals surface area (Å²) >= 11 is 0. The maximum Gasteiger partial charge on any atom is 0.130 e. The first-order valence-corrected chi connectivity index (χ1v) is 5.01. The van der Waals surface area contributed by atoms with E-state index in [0.717, 1.165) is 24.5 Å². The average molecular weight is 203 g/mol. The molecule has 1 aliphatic heterocycles. The van der Waals surface area contributed by atoms with Gasteiger partial charge in [-0.3, -0.25) is 0 Å². The Morgan fingerprint density at radius 1 is 1.60 bits per heavy atom. The highest BCUT2D eigenvalue weighted by molar-refractivity contribution is 5.47. The van der Waals surface area contributed by atoms with E-state index < -0.39 is 0 Å². The van der Waals surface area contributed by atoms with Gasteiger partial charge in [0, 0.05) is 18.8 Å². The van der Waals surface area contributed by atoms with Crippen LogP contribution in [0.3, 0.4) is 0 Å². The first-order valence-electron chi connectivity index (χ1n) is 5.01. The SMILES string of the molecule is Cc1cc(C#N)cc(N2CCC(O)C2)n1. The van der Waals surface area contributed by atoms with Crippen LogP contribution < -0.4 is 4.90 Å². The number of aryl methyl sites for hydroxylation is 1. The van der Waals surface area contributed by atoms with E-state index in [-0.39, 0.29) is 6.10 Å². The van der Waals surface area contributed by atoms with Crippen molar-refractivity contribution in [2.75, 3.05) is 18.0 Å². The van der Waals surface area contributed by atoms with E-state index in [9.17, 15) is 5.11 Å². The van der Waals surface area contributed by atoms with Crippen molar-refractivity contribution in [3.05, 3.63) is 23.4 Å². The fraction of sp³-hybridized carbons (Fsp3) is 0.455. The molecule has 0 radical (unpaired) electrons. The molecular weight excluding hydrogens is 190 g/mol. The highest BCUT2D eigenvalue weighted by Crippen LogP contribution is 2.19. The quantitative estimate of drug-likeness (QED) is 0.734. The summed E-state index contributed by atoms with van der Waals surface area (Å²) < 4.78 is 0. The maximum atomic E-state index is 9.42. The zero-order valence-corrected chi connectivity index (χ0v) is 8.64. The van der Waals surface area contributed by atoms with Crippen LogP contribution in [0.1, 0.15) is 17.7 Å². The zero-order chi connectivity index (χ0) is 10.8.